The molecule has 0 spiro atoms. The number of fused-ring (bicyclic) bond motifs is 2. The number of carbonyl (C=O) groups excluding carboxylic acids is 1. The highest BCUT2D eigenvalue weighted by atomic mass is 16.5. The summed E-state index contributed by atoms with van der Waals surface area (Å²) in [7, 11) is 1.62. The van der Waals surface area contributed by atoms with Crippen LogP contribution in [0.3, 0.4) is 0 Å². The van der Waals surface area contributed by atoms with Crippen molar-refractivity contribution in [3.8, 4) is 5.75 Å². The van der Waals surface area contributed by atoms with E-state index in [9.17, 15) is 4.79 Å². The van der Waals surface area contributed by atoms with E-state index < -0.39 is 0 Å². The monoisotopic (exact) mass is 418 g/mol. The highest BCUT2D eigenvalue weighted by molar-refractivity contribution is 6.01. The van der Waals surface area contributed by atoms with E-state index in [0.29, 0.717) is 23.3 Å². The second-order valence-corrected chi connectivity index (χ2v) is 8.42. The van der Waals surface area contributed by atoms with E-state index >= 15 is 0 Å². The predicted molar refractivity (Wildman–Crippen MR) is 116 cm³/mol. The van der Waals surface area contributed by atoms with Gasteiger partial charge in [0.05, 0.1) is 12.8 Å². The minimum Gasteiger partial charge on any atom is -0.497 e. The molecule has 1 N–H and O–H groups in total. The molecule has 1 fully saturated rings. The third kappa shape index (κ3) is 4.03. The standard InChI is InChI=1S/C23H26N6O2/c1-15-4-3-5-19(24-15)14-28-11-16-10-21-26-27-22(29(21)13-17(16)12-28)23(30)25-18-6-8-20(31-2)9-7-18/h3-9,16-17H,10-14H2,1-2H3,(H,25,30)/t16-,17+/m0/s1. The molecular weight excluding hydrogens is 392 g/mol. The predicted octanol–water partition coefficient (Wildman–Crippen LogP) is 2.55. The maximum absolute atomic E-state index is 12.8. The summed E-state index contributed by atoms with van der Waals surface area (Å²) in [5.74, 6) is 2.82. The van der Waals surface area contributed by atoms with Crippen molar-refractivity contribution in [3.05, 3.63) is 65.5 Å². The van der Waals surface area contributed by atoms with Gasteiger partial charge in [-0.1, -0.05) is 6.07 Å². The van der Waals surface area contributed by atoms with Crippen molar-refractivity contribution in [1.29, 1.82) is 0 Å². The summed E-state index contributed by atoms with van der Waals surface area (Å²) in [4.78, 5) is 20.0. The van der Waals surface area contributed by atoms with Crippen LogP contribution in [-0.4, -0.2) is 50.8 Å². The van der Waals surface area contributed by atoms with Crippen LogP contribution in [-0.2, 0) is 19.5 Å². The molecular formula is C23H26N6O2. The molecule has 2 aliphatic rings. The van der Waals surface area contributed by atoms with Gasteiger partial charge in [0.25, 0.3) is 5.91 Å². The third-order valence-electron chi connectivity index (χ3n) is 6.22. The molecule has 5 rings (SSSR count). The summed E-state index contributed by atoms with van der Waals surface area (Å²) in [6, 6.07) is 13.4. The smallest absolute Gasteiger partial charge is 0.293 e. The van der Waals surface area contributed by atoms with Crippen LogP contribution in [0.2, 0.25) is 0 Å². The van der Waals surface area contributed by atoms with Crippen LogP contribution >= 0.6 is 0 Å². The fraction of sp³-hybridized carbons (Fsp3) is 0.391. The lowest BCUT2D eigenvalue weighted by Gasteiger charge is -2.25. The number of hydrogen-bond acceptors (Lipinski definition) is 6. The zero-order chi connectivity index (χ0) is 21.4. The van der Waals surface area contributed by atoms with Crippen LogP contribution in [0, 0.1) is 18.8 Å². The lowest BCUT2D eigenvalue weighted by atomic mass is 9.89. The fourth-order valence-electron chi connectivity index (χ4n) is 4.70. The van der Waals surface area contributed by atoms with Gasteiger partial charge < -0.3 is 14.6 Å². The average molecular weight is 419 g/mol. The van der Waals surface area contributed by atoms with Crippen LogP contribution in [0.1, 0.15) is 27.8 Å². The molecule has 31 heavy (non-hydrogen) atoms. The number of nitrogens with zero attached hydrogens (tertiary/aromatic N) is 5. The number of likely N-dealkylation sites (tertiary alicyclic amines) is 1. The lowest BCUT2D eigenvalue weighted by Crippen LogP contribution is -2.31. The van der Waals surface area contributed by atoms with Gasteiger partial charge in [-0.3, -0.25) is 14.7 Å². The van der Waals surface area contributed by atoms with Crippen molar-refractivity contribution in [1.82, 2.24) is 24.6 Å². The van der Waals surface area contributed by atoms with Crippen molar-refractivity contribution in [2.24, 2.45) is 11.8 Å². The molecule has 1 saturated heterocycles. The van der Waals surface area contributed by atoms with E-state index in [0.717, 1.165) is 55.6 Å². The van der Waals surface area contributed by atoms with Gasteiger partial charge in [0, 0.05) is 44.0 Å². The van der Waals surface area contributed by atoms with Crippen molar-refractivity contribution >= 4 is 11.6 Å². The molecule has 2 aliphatic heterocycles. The number of aryl methyl sites for hydroxylation is 1. The van der Waals surface area contributed by atoms with E-state index in [1.54, 1.807) is 7.11 Å². The Kier molecular flexibility index (Phi) is 5.15. The summed E-state index contributed by atoms with van der Waals surface area (Å²) >= 11 is 0. The normalized spacial score (nSPS) is 20.2. The average Bonchev–Trinajstić information content (AvgIpc) is 3.35. The topological polar surface area (TPSA) is 85.2 Å². The highest BCUT2D eigenvalue weighted by Crippen LogP contribution is 2.33. The third-order valence-corrected chi connectivity index (χ3v) is 6.22. The summed E-state index contributed by atoms with van der Waals surface area (Å²) in [6.07, 6.45) is 0.852. The molecule has 3 aromatic rings. The molecule has 1 aromatic carbocycles. The maximum Gasteiger partial charge on any atom is 0.293 e. The zero-order valence-electron chi connectivity index (χ0n) is 17.8. The zero-order valence-corrected chi connectivity index (χ0v) is 17.8. The Morgan fingerprint density at radius 1 is 1.10 bits per heavy atom. The quantitative estimate of drug-likeness (QED) is 0.685. The summed E-state index contributed by atoms with van der Waals surface area (Å²) in [6.45, 7) is 5.69. The Bertz CT molecular complexity index is 1090. The van der Waals surface area contributed by atoms with Crippen molar-refractivity contribution in [2.45, 2.75) is 26.4 Å². The minimum absolute atomic E-state index is 0.235. The molecule has 0 radical (unpaired) electrons. The number of anilines is 1. The van der Waals surface area contributed by atoms with Gasteiger partial charge in [-0.05, 0) is 55.2 Å². The first-order chi connectivity index (χ1) is 15.1. The highest BCUT2D eigenvalue weighted by Gasteiger charge is 2.39. The van der Waals surface area contributed by atoms with Crippen LogP contribution in [0.15, 0.2) is 42.5 Å². The number of amides is 1. The molecule has 2 aromatic heterocycles. The van der Waals surface area contributed by atoms with E-state index in [2.05, 4.69) is 37.5 Å². The maximum atomic E-state index is 12.8. The molecule has 0 bridgehead atoms. The van der Waals surface area contributed by atoms with Crippen molar-refractivity contribution in [3.63, 3.8) is 0 Å². The first-order valence-corrected chi connectivity index (χ1v) is 10.6. The molecule has 8 nitrogen and oxygen atoms in total. The number of nitrogens with one attached hydrogen (secondary N) is 1. The Balaban J connectivity index is 1.26. The van der Waals surface area contributed by atoms with Crippen LogP contribution in [0.4, 0.5) is 5.69 Å². The van der Waals surface area contributed by atoms with Gasteiger partial charge >= 0.3 is 0 Å². The number of methoxy groups -OCH3 is 1. The number of carbonyl (C=O) groups is 1. The number of aromatic nitrogens is 4. The molecule has 8 heteroatoms. The van der Waals surface area contributed by atoms with Gasteiger partial charge in [-0.2, -0.15) is 0 Å². The molecule has 0 unspecified atom stereocenters. The Labute approximate surface area is 181 Å². The van der Waals surface area contributed by atoms with Gasteiger partial charge in [0.2, 0.25) is 5.82 Å². The first kappa shape index (κ1) is 19.7. The van der Waals surface area contributed by atoms with Gasteiger partial charge in [-0.15, -0.1) is 10.2 Å². The molecule has 1 amide bonds. The minimum atomic E-state index is -0.235. The number of hydrogen-bond donors (Lipinski definition) is 1. The van der Waals surface area contributed by atoms with Crippen LogP contribution in [0.25, 0.3) is 0 Å². The van der Waals surface area contributed by atoms with Crippen molar-refractivity contribution in [2.75, 3.05) is 25.5 Å². The molecule has 2 atom stereocenters. The number of pyridine rings is 1. The summed E-state index contributed by atoms with van der Waals surface area (Å²) < 4.78 is 7.16. The summed E-state index contributed by atoms with van der Waals surface area (Å²) in [5, 5.41) is 11.4. The number of benzene rings is 1. The van der Waals surface area contributed by atoms with Crippen molar-refractivity contribution < 1.29 is 9.53 Å². The largest absolute Gasteiger partial charge is 0.497 e. The second-order valence-electron chi connectivity index (χ2n) is 8.42. The summed E-state index contributed by atoms with van der Waals surface area (Å²) in [5.41, 5.74) is 2.86. The second kappa shape index (κ2) is 8.11. The molecule has 160 valence electrons. The SMILES string of the molecule is COc1ccc(NC(=O)c2nnc3n2C[C@H]2CN(Cc4cccc(C)n4)C[C@@H]2C3)cc1. The van der Waals surface area contributed by atoms with E-state index in [4.69, 9.17) is 4.74 Å². The Morgan fingerprint density at radius 3 is 2.68 bits per heavy atom. The lowest BCUT2D eigenvalue weighted by molar-refractivity contribution is 0.100. The molecule has 4 heterocycles. The first-order valence-electron chi connectivity index (χ1n) is 10.6. The van der Waals surface area contributed by atoms with Crippen LogP contribution < -0.4 is 10.1 Å². The molecule has 0 aliphatic carbocycles. The van der Waals surface area contributed by atoms with E-state index in [-0.39, 0.29) is 5.91 Å². The van der Waals surface area contributed by atoms with E-state index in [1.807, 2.05) is 41.8 Å². The Morgan fingerprint density at radius 2 is 1.90 bits per heavy atom. The number of rotatable bonds is 5. The van der Waals surface area contributed by atoms with Gasteiger partial charge in [0.1, 0.15) is 11.6 Å². The number of ether oxygens (including phenoxy) is 1. The van der Waals surface area contributed by atoms with Crippen LogP contribution in [0.5, 0.6) is 5.75 Å². The van der Waals surface area contributed by atoms with E-state index in [1.165, 1.54) is 0 Å². The van der Waals surface area contributed by atoms with Gasteiger partial charge in [0.15, 0.2) is 0 Å². The van der Waals surface area contributed by atoms with Gasteiger partial charge in [-0.25, -0.2) is 0 Å². The Hall–Kier alpha value is -3.26. The molecule has 0 saturated carbocycles. The fourth-order valence-corrected chi connectivity index (χ4v) is 4.70.